The molecule has 2 aromatic carbocycles. The molecular weight excluding hydrogens is 410 g/mol. The molecule has 0 spiro atoms. The SMILES string of the molecule is Cn1nnnc1C(=NOCc1cccc(NC(=O)Oc2ccccc2)n1)c1ccccc1. The minimum Gasteiger partial charge on any atom is -0.410 e. The van der Waals surface area contributed by atoms with Gasteiger partial charge in [0, 0.05) is 12.6 Å². The van der Waals surface area contributed by atoms with E-state index in [0.717, 1.165) is 5.56 Å². The van der Waals surface area contributed by atoms with Gasteiger partial charge in [-0.25, -0.2) is 14.5 Å². The molecule has 32 heavy (non-hydrogen) atoms. The van der Waals surface area contributed by atoms with Crippen LogP contribution in [0.2, 0.25) is 0 Å². The van der Waals surface area contributed by atoms with E-state index < -0.39 is 6.09 Å². The lowest BCUT2D eigenvalue weighted by Crippen LogP contribution is -2.17. The van der Waals surface area contributed by atoms with Crippen LogP contribution in [0, 0.1) is 0 Å². The highest BCUT2D eigenvalue weighted by molar-refractivity contribution is 6.10. The molecule has 1 amide bonds. The summed E-state index contributed by atoms with van der Waals surface area (Å²) >= 11 is 0. The maximum Gasteiger partial charge on any atom is 0.418 e. The van der Waals surface area contributed by atoms with E-state index in [1.165, 1.54) is 4.68 Å². The van der Waals surface area contributed by atoms with Crippen molar-refractivity contribution < 1.29 is 14.4 Å². The Morgan fingerprint density at radius 2 is 1.75 bits per heavy atom. The number of rotatable bonds is 7. The second kappa shape index (κ2) is 9.94. The molecule has 160 valence electrons. The first-order chi connectivity index (χ1) is 15.7. The summed E-state index contributed by atoms with van der Waals surface area (Å²) in [6.45, 7) is 0.0743. The molecule has 0 saturated heterocycles. The van der Waals surface area contributed by atoms with Crippen molar-refractivity contribution in [2.75, 3.05) is 5.32 Å². The molecule has 2 aromatic heterocycles. The van der Waals surface area contributed by atoms with Crippen LogP contribution in [0.4, 0.5) is 10.6 Å². The maximum absolute atomic E-state index is 12.1. The second-order valence-electron chi connectivity index (χ2n) is 6.55. The van der Waals surface area contributed by atoms with Gasteiger partial charge in [0.05, 0.1) is 5.69 Å². The highest BCUT2D eigenvalue weighted by atomic mass is 16.6. The van der Waals surface area contributed by atoms with Crippen LogP contribution in [0.25, 0.3) is 0 Å². The number of anilines is 1. The predicted octanol–water partition coefficient (Wildman–Crippen LogP) is 3.19. The summed E-state index contributed by atoms with van der Waals surface area (Å²) in [4.78, 5) is 22.0. The Kier molecular flexibility index (Phi) is 6.42. The molecule has 0 aliphatic heterocycles. The van der Waals surface area contributed by atoms with Crippen LogP contribution >= 0.6 is 0 Å². The summed E-state index contributed by atoms with van der Waals surface area (Å²) in [6, 6.07) is 23.4. The first-order valence-corrected chi connectivity index (χ1v) is 9.67. The fraction of sp³-hybridized carbons (Fsp3) is 0.0909. The number of pyridine rings is 1. The van der Waals surface area contributed by atoms with E-state index >= 15 is 0 Å². The quantitative estimate of drug-likeness (QED) is 0.354. The van der Waals surface area contributed by atoms with Gasteiger partial charge in [-0.1, -0.05) is 59.8 Å². The number of ether oxygens (including phenoxy) is 1. The van der Waals surface area contributed by atoms with Crippen LogP contribution in [-0.4, -0.2) is 37.0 Å². The molecular formula is C22H19N7O3. The fourth-order valence-electron chi connectivity index (χ4n) is 2.77. The van der Waals surface area contributed by atoms with Crippen LogP contribution in [-0.2, 0) is 18.5 Å². The van der Waals surface area contributed by atoms with Crippen molar-refractivity contribution in [2.24, 2.45) is 12.2 Å². The minimum absolute atomic E-state index is 0.0743. The largest absolute Gasteiger partial charge is 0.418 e. The van der Waals surface area contributed by atoms with Crippen molar-refractivity contribution in [3.05, 3.63) is 95.9 Å². The van der Waals surface area contributed by atoms with Gasteiger partial charge in [0.2, 0.25) is 5.82 Å². The van der Waals surface area contributed by atoms with Gasteiger partial charge in [0.1, 0.15) is 11.6 Å². The van der Waals surface area contributed by atoms with Gasteiger partial charge in [0.25, 0.3) is 0 Å². The van der Waals surface area contributed by atoms with Crippen LogP contribution in [0.5, 0.6) is 5.75 Å². The Labute approximate surface area is 183 Å². The Morgan fingerprint density at radius 1 is 1.00 bits per heavy atom. The van der Waals surface area contributed by atoms with Crippen molar-refractivity contribution in [1.29, 1.82) is 0 Å². The van der Waals surface area contributed by atoms with Crippen LogP contribution in [0.15, 0.2) is 84.0 Å². The van der Waals surface area contributed by atoms with Gasteiger partial charge in [-0.2, -0.15) is 0 Å². The molecule has 4 aromatic rings. The summed E-state index contributed by atoms with van der Waals surface area (Å²) in [6.07, 6.45) is -0.638. The summed E-state index contributed by atoms with van der Waals surface area (Å²) < 4.78 is 6.72. The Morgan fingerprint density at radius 3 is 2.47 bits per heavy atom. The molecule has 0 bridgehead atoms. The average molecular weight is 429 g/mol. The molecule has 0 fully saturated rings. The van der Waals surface area contributed by atoms with Gasteiger partial charge in [-0.05, 0) is 34.7 Å². The molecule has 2 heterocycles. The molecule has 0 saturated carbocycles. The number of hydrogen-bond donors (Lipinski definition) is 1. The lowest BCUT2D eigenvalue weighted by molar-refractivity contribution is 0.128. The number of nitrogens with one attached hydrogen (secondary N) is 1. The third-order valence-corrected chi connectivity index (χ3v) is 4.24. The highest BCUT2D eigenvalue weighted by Crippen LogP contribution is 2.12. The number of hydrogen-bond acceptors (Lipinski definition) is 8. The van der Waals surface area contributed by atoms with E-state index in [4.69, 9.17) is 9.57 Å². The van der Waals surface area contributed by atoms with Crippen LogP contribution in [0.1, 0.15) is 17.1 Å². The lowest BCUT2D eigenvalue weighted by Gasteiger charge is -2.08. The summed E-state index contributed by atoms with van der Waals surface area (Å²) in [7, 11) is 1.72. The van der Waals surface area contributed by atoms with Gasteiger partial charge in [-0.15, -0.1) is 5.10 Å². The van der Waals surface area contributed by atoms with E-state index in [9.17, 15) is 4.79 Å². The number of amides is 1. The van der Waals surface area contributed by atoms with Crippen LogP contribution in [0.3, 0.4) is 0 Å². The smallest absolute Gasteiger partial charge is 0.410 e. The average Bonchev–Trinajstić information content (AvgIpc) is 3.23. The maximum atomic E-state index is 12.1. The van der Waals surface area contributed by atoms with Crippen molar-refractivity contribution >= 4 is 17.6 Å². The van der Waals surface area contributed by atoms with E-state index in [1.54, 1.807) is 49.5 Å². The summed E-state index contributed by atoms with van der Waals surface area (Å²) in [5, 5.41) is 18.4. The first-order valence-electron chi connectivity index (χ1n) is 9.67. The predicted molar refractivity (Wildman–Crippen MR) is 116 cm³/mol. The van der Waals surface area contributed by atoms with E-state index in [1.807, 2.05) is 36.4 Å². The molecule has 4 rings (SSSR count). The lowest BCUT2D eigenvalue weighted by atomic mass is 10.1. The van der Waals surface area contributed by atoms with E-state index in [0.29, 0.717) is 28.8 Å². The highest BCUT2D eigenvalue weighted by Gasteiger charge is 2.15. The molecule has 1 N–H and O–H groups in total. The summed E-state index contributed by atoms with van der Waals surface area (Å²) in [5.74, 6) is 1.23. The number of aryl methyl sites for hydroxylation is 1. The Hall–Kier alpha value is -4.60. The number of carbonyl (C=O) groups excluding carboxylic acids is 1. The molecule has 10 nitrogen and oxygen atoms in total. The number of tetrazole rings is 1. The van der Waals surface area contributed by atoms with Gasteiger partial charge in [0.15, 0.2) is 12.3 Å². The second-order valence-corrected chi connectivity index (χ2v) is 6.55. The zero-order valence-corrected chi connectivity index (χ0v) is 17.1. The summed E-state index contributed by atoms with van der Waals surface area (Å²) in [5.41, 5.74) is 1.85. The number of aromatic nitrogens is 5. The van der Waals surface area contributed by atoms with Crippen molar-refractivity contribution in [3.63, 3.8) is 0 Å². The van der Waals surface area contributed by atoms with E-state index in [2.05, 4.69) is 31.0 Å². The zero-order chi connectivity index (χ0) is 22.2. The molecule has 0 atom stereocenters. The third-order valence-electron chi connectivity index (χ3n) is 4.24. The topological polar surface area (TPSA) is 116 Å². The number of oxime groups is 1. The third kappa shape index (κ3) is 5.30. The van der Waals surface area contributed by atoms with Gasteiger partial charge < -0.3 is 9.57 Å². The molecule has 0 radical (unpaired) electrons. The zero-order valence-electron chi connectivity index (χ0n) is 17.1. The Bertz CT molecular complexity index is 1210. The number of carbonyl (C=O) groups is 1. The normalized spacial score (nSPS) is 11.1. The molecule has 0 unspecified atom stereocenters. The number of para-hydroxylation sites is 1. The monoisotopic (exact) mass is 429 g/mol. The van der Waals surface area contributed by atoms with Crippen molar-refractivity contribution in [3.8, 4) is 5.75 Å². The number of nitrogens with zero attached hydrogens (tertiary/aromatic N) is 6. The van der Waals surface area contributed by atoms with Gasteiger partial charge >= 0.3 is 6.09 Å². The Balaban J connectivity index is 1.43. The molecule has 0 aliphatic rings. The van der Waals surface area contributed by atoms with E-state index in [-0.39, 0.29) is 6.61 Å². The standard InChI is InChI=1S/C22H19N7O3/c1-29-21(25-27-28-29)20(16-9-4-2-5-10-16)26-31-15-17-11-8-14-19(23-17)24-22(30)32-18-12-6-3-7-13-18/h2-14H,15H2,1H3,(H,23,24,30). The van der Waals surface area contributed by atoms with Crippen molar-refractivity contribution in [1.82, 2.24) is 25.2 Å². The van der Waals surface area contributed by atoms with Gasteiger partial charge in [-0.3, -0.25) is 5.32 Å². The minimum atomic E-state index is -0.638. The fourth-order valence-corrected chi connectivity index (χ4v) is 2.77. The molecule has 0 aliphatic carbocycles. The first kappa shape index (κ1) is 20.7. The van der Waals surface area contributed by atoms with Crippen LogP contribution < -0.4 is 10.1 Å². The number of benzene rings is 2. The molecule has 10 heteroatoms. The van der Waals surface area contributed by atoms with Crippen molar-refractivity contribution in [2.45, 2.75) is 6.61 Å².